The highest BCUT2D eigenvalue weighted by molar-refractivity contribution is 7.86. The highest BCUT2D eigenvalue weighted by Crippen LogP contribution is 2.30. The number of hydrogen-bond donors (Lipinski definition) is 1. The van der Waals surface area contributed by atoms with Crippen molar-refractivity contribution < 1.29 is 27.2 Å². The molecule has 0 aromatic rings. The van der Waals surface area contributed by atoms with E-state index in [9.17, 15) is 13.2 Å². The third-order valence-corrected chi connectivity index (χ3v) is 3.63. The molecule has 1 amide bonds. The topological polar surface area (TPSA) is 93.1 Å². The number of carboxylic acid groups (broad SMARTS) is 1. The van der Waals surface area contributed by atoms with Gasteiger partial charge in [-0.3, -0.25) is 9.08 Å². The molecular weight excluding hydrogens is 250 g/mol. The van der Waals surface area contributed by atoms with Crippen molar-refractivity contribution in [1.82, 2.24) is 4.90 Å². The molecule has 2 aliphatic heterocycles. The molecule has 8 heteroatoms. The number of morpholine rings is 1. The summed E-state index contributed by atoms with van der Waals surface area (Å²) in [6, 6.07) is -0.626. The van der Waals surface area contributed by atoms with Crippen LogP contribution in [0.15, 0.2) is 0 Å². The van der Waals surface area contributed by atoms with Crippen molar-refractivity contribution in [2.45, 2.75) is 31.0 Å². The average molecular weight is 265 g/mol. The molecule has 0 saturated carbocycles. The summed E-state index contributed by atoms with van der Waals surface area (Å²) in [5.74, 6) is 0. The van der Waals surface area contributed by atoms with E-state index in [1.807, 2.05) is 0 Å². The van der Waals surface area contributed by atoms with Crippen LogP contribution in [0.3, 0.4) is 0 Å². The Morgan fingerprint density at radius 3 is 2.29 bits per heavy atom. The Morgan fingerprint density at radius 1 is 1.35 bits per heavy atom. The van der Waals surface area contributed by atoms with Crippen molar-refractivity contribution in [3.63, 3.8) is 0 Å². The lowest BCUT2D eigenvalue weighted by Crippen LogP contribution is -2.60. The molecule has 0 radical (unpaired) electrons. The molecular formula is C9H15NO6S. The van der Waals surface area contributed by atoms with Crippen molar-refractivity contribution in [3.8, 4) is 0 Å². The molecule has 2 heterocycles. The first-order chi connectivity index (χ1) is 7.87. The minimum Gasteiger partial charge on any atom is -0.465 e. The fraction of sp³-hybridized carbons (Fsp3) is 0.889. The predicted octanol–water partition coefficient (Wildman–Crippen LogP) is -0.128. The largest absolute Gasteiger partial charge is 0.465 e. The summed E-state index contributed by atoms with van der Waals surface area (Å²) >= 11 is 0. The smallest absolute Gasteiger partial charge is 0.407 e. The van der Waals surface area contributed by atoms with Crippen LogP contribution in [0.1, 0.15) is 12.8 Å². The first-order valence-corrected chi connectivity index (χ1v) is 7.16. The Kier molecular flexibility index (Phi) is 3.28. The van der Waals surface area contributed by atoms with Crippen LogP contribution in [0.5, 0.6) is 0 Å². The summed E-state index contributed by atoms with van der Waals surface area (Å²) in [7, 11) is -3.50. The molecule has 17 heavy (non-hydrogen) atoms. The molecule has 2 aliphatic rings. The molecule has 0 aliphatic carbocycles. The quantitative estimate of drug-likeness (QED) is 0.699. The zero-order valence-electron chi connectivity index (χ0n) is 9.40. The van der Waals surface area contributed by atoms with Gasteiger partial charge in [-0.15, -0.1) is 0 Å². The molecule has 2 fully saturated rings. The Morgan fingerprint density at radius 2 is 1.88 bits per heavy atom. The van der Waals surface area contributed by atoms with Crippen LogP contribution >= 0.6 is 0 Å². The van der Waals surface area contributed by atoms with Gasteiger partial charge in [0, 0.05) is 0 Å². The van der Waals surface area contributed by atoms with E-state index >= 15 is 0 Å². The van der Waals surface area contributed by atoms with Crippen LogP contribution in [0.25, 0.3) is 0 Å². The first kappa shape index (κ1) is 12.6. The lowest BCUT2D eigenvalue weighted by atomic mass is 9.92. The van der Waals surface area contributed by atoms with Crippen molar-refractivity contribution >= 4 is 16.2 Å². The number of ether oxygens (including phenoxy) is 1. The Bertz CT molecular complexity index is 394. The predicted molar refractivity (Wildman–Crippen MR) is 57.2 cm³/mol. The number of carbonyl (C=O) groups is 1. The van der Waals surface area contributed by atoms with E-state index in [-0.39, 0.29) is 12.1 Å². The van der Waals surface area contributed by atoms with Crippen molar-refractivity contribution in [2.75, 3.05) is 19.5 Å². The lowest BCUT2D eigenvalue weighted by Gasteiger charge is -2.46. The Balaban J connectivity index is 2.09. The molecule has 2 bridgehead atoms. The van der Waals surface area contributed by atoms with Crippen LogP contribution in [-0.4, -0.2) is 62.2 Å². The normalized spacial score (nSPS) is 33.5. The highest BCUT2D eigenvalue weighted by atomic mass is 32.2. The number of nitrogens with zero attached hydrogens (tertiary/aromatic N) is 1. The molecule has 2 atom stereocenters. The van der Waals surface area contributed by atoms with Gasteiger partial charge in [-0.1, -0.05) is 0 Å². The third kappa shape index (κ3) is 2.88. The maximum atomic E-state index is 11.1. The maximum Gasteiger partial charge on any atom is 0.407 e. The van der Waals surface area contributed by atoms with Gasteiger partial charge >= 0.3 is 6.09 Å². The van der Waals surface area contributed by atoms with E-state index in [4.69, 9.17) is 14.0 Å². The lowest BCUT2D eigenvalue weighted by molar-refractivity contribution is -0.0846. The van der Waals surface area contributed by atoms with Crippen molar-refractivity contribution in [1.29, 1.82) is 0 Å². The fourth-order valence-electron chi connectivity index (χ4n) is 2.50. The second-order valence-electron chi connectivity index (χ2n) is 4.43. The zero-order chi connectivity index (χ0) is 12.6. The van der Waals surface area contributed by atoms with Crippen LogP contribution < -0.4 is 0 Å². The Hall–Kier alpha value is -0.860. The van der Waals surface area contributed by atoms with Crippen LogP contribution in [0, 0.1) is 0 Å². The average Bonchev–Trinajstić information content (AvgIpc) is 2.12. The Labute approximate surface area is 99.4 Å². The maximum absolute atomic E-state index is 11.1. The van der Waals surface area contributed by atoms with Gasteiger partial charge < -0.3 is 9.84 Å². The van der Waals surface area contributed by atoms with Gasteiger partial charge in [0.1, 0.15) is 0 Å². The summed E-state index contributed by atoms with van der Waals surface area (Å²) in [5, 5.41) is 9.07. The third-order valence-electron chi connectivity index (χ3n) is 3.01. The summed E-state index contributed by atoms with van der Waals surface area (Å²) in [4.78, 5) is 12.4. The fourth-order valence-corrected chi connectivity index (χ4v) is 3.15. The van der Waals surface area contributed by atoms with E-state index in [1.165, 1.54) is 4.90 Å². The number of hydrogen-bond acceptors (Lipinski definition) is 5. The van der Waals surface area contributed by atoms with Crippen LogP contribution in [-0.2, 0) is 19.0 Å². The summed E-state index contributed by atoms with van der Waals surface area (Å²) in [5.41, 5.74) is 0. The van der Waals surface area contributed by atoms with Gasteiger partial charge in [0.25, 0.3) is 10.1 Å². The van der Waals surface area contributed by atoms with Gasteiger partial charge in [0.2, 0.25) is 0 Å². The van der Waals surface area contributed by atoms with Crippen LogP contribution in [0.4, 0.5) is 4.79 Å². The molecule has 2 saturated heterocycles. The van der Waals surface area contributed by atoms with Crippen LogP contribution in [0.2, 0.25) is 0 Å². The van der Waals surface area contributed by atoms with Crippen molar-refractivity contribution in [2.24, 2.45) is 0 Å². The molecule has 2 unspecified atom stereocenters. The number of piperidine rings is 1. The second-order valence-corrected chi connectivity index (χ2v) is 6.03. The monoisotopic (exact) mass is 265 g/mol. The molecule has 7 nitrogen and oxygen atoms in total. The highest BCUT2D eigenvalue weighted by Gasteiger charge is 2.43. The molecule has 0 aromatic heterocycles. The van der Waals surface area contributed by atoms with Gasteiger partial charge in [-0.05, 0) is 12.8 Å². The number of rotatable bonds is 2. The number of amides is 1. The summed E-state index contributed by atoms with van der Waals surface area (Å²) < 4.78 is 32.3. The molecule has 0 spiro atoms. The molecule has 2 rings (SSSR count). The second kappa shape index (κ2) is 4.43. The SMILES string of the molecule is CS(=O)(=O)OC1CC2COCC(C1)N2C(=O)O. The van der Waals surface area contributed by atoms with E-state index in [2.05, 4.69) is 0 Å². The minimum absolute atomic E-state index is 0.298. The molecule has 98 valence electrons. The van der Waals surface area contributed by atoms with Gasteiger partial charge in [0.15, 0.2) is 0 Å². The summed E-state index contributed by atoms with van der Waals surface area (Å²) in [6.07, 6.45) is 0.287. The molecule has 1 N–H and O–H groups in total. The number of fused-ring (bicyclic) bond motifs is 2. The van der Waals surface area contributed by atoms with Crippen molar-refractivity contribution in [3.05, 3.63) is 0 Å². The van der Waals surface area contributed by atoms with Gasteiger partial charge in [-0.25, -0.2) is 4.79 Å². The van der Waals surface area contributed by atoms with E-state index < -0.39 is 22.3 Å². The summed E-state index contributed by atoms with van der Waals surface area (Å²) in [6.45, 7) is 0.596. The van der Waals surface area contributed by atoms with Gasteiger partial charge in [0.05, 0.1) is 37.7 Å². The van der Waals surface area contributed by atoms with E-state index in [0.717, 1.165) is 6.26 Å². The zero-order valence-corrected chi connectivity index (χ0v) is 10.2. The molecule has 0 aromatic carbocycles. The standard InChI is InChI=1S/C9H15NO6S/c1-17(13,14)16-8-2-6-4-15-5-7(3-8)10(6)9(11)12/h6-8H,2-5H2,1H3,(H,11,12). The minimum atomic E-state index is -3.50. The van der Waals surface area contributed by atoms with E-state index in [0.29, 0.717) is 26.1 Å². The van der Waals surface area contributed by atoms with Gasteiger partial charge in [-0.2, -0.15) is 8.42 Å². The first-order valence-electron chi connectivity index (χ1n) is 5.34. The van der Waals surface area contributed by atoms with E-state index in [1.54, 1.807) is 0 Å².